The Morgan fingerprint density at radius 2 is 2.13 bits per heavy atom. The Morgan fingerprint density at radius 3 is 2.87 bits per heavy atom. The zero-order chi connectivity index (χ0) is 16.5. The number of rotatable bonds is 8. The van der Waals surface area contributed by atoms with Crippen LogP contribution in [0.2, 0.25) is 0 Å². The largest absolute Gasteiger partial charge is 0.484 e. The van der Waals surface area contributed by atoms with Crippen molar-refractivity contribution in [1.82, 2.24) is 15.5 Å². The van der Waals surface area contributed by atoms with E-state index in [1.807, 2.05) is 18.2 Å². The first kappa shape index (κ1) is 17.8. The van der Waals surface area contributed by atoms with Gasteiger partial charge >= 0.3 is 0 Å². The molecule has 0 radical (unpaired) electrons. The maximum absolute atomic E-state index is 11.8. The number of benzene rings is 1. The van der Waals surface area contributed by atoms with Crippen LogP contribution in [-0.2, 0) is 4.79 Å². The van der Waals surface area contributed by atoms with Gasteiger partial charge in [-0.25, -0.2) is 0 Å². The molecule has 0 saturated carbocycles. The lowest BCUT2D eigenvalue weighted by Gasteiger charge is -2.27. The molecule has 1 heterocycles. The molecule has 23 heavy (non-hydrogen) atoms. The van der Waals surface area contributed by atoms with E-state index in [-0.39, 0.29) is 12.5 Å². The lowest BCUT2D eigenvalue weighted by molar-refractivity contribution is -0.123. The molecule has 128 valence electrons. The van der Waals surface area contributed by atoms with Crippen LogP contribution in [0.15, 0.2) is 24.3 Å². The number of carbonyl (C=O) groups excluding carboxylic acids is 1. The average molecular weight is 319 g/mol. The van der Waals surface area contributed by atoms with Gasteiger partial charge in [0.05, 0.1) is 0 Å². The van der Waals surface area contributed by atoms with Gasteiger partial charge in [0.1, 0.15) is 5.75 Å². The third kappa shape index (κ3) is 6.59. The second-order valence-electron chi connectivity index (χ2n) is 6.31. The molecule has 1 fully saturated rings. The van der Waals surface area contributed by atoms with E-state index >= 15 is 0 Å². The van der Waals surface area contributed by atoms with Crippen LogP contribution >= 0.6 is 0 Å². The summed E-state index contributed by atoms with van der Waals surface area (Å²) < 4.78 is 5.57. The molecular weight excluding hydrogens is 290 g/mol. The Kier molecular flexibility index (Phi) is 7.36. The van der Waals surface area contributed by atoms with E-state index in [9.17, 15) is 4.79 Å². The number of nitrogens with zero attached hydrogens (tertiary/aromatic N) is 1. The van der Waals surface area contributed by atoms with E-state index in [2.05, 4.69) is 35.4 Å². The van der Waals surface area contributed by atoms with E-state index in [0.717, 1.165) is 44.9 Å². The van der Waals surface area contributed by atoms with Crippen molar-refractivity contribution in [2.45, 2.75) is 26.2 Å². The minimum Gasteiger partial charge on any atom is -0.484 e. The first-order chi connectivity index (χ1) is 11.1. The number of hydrogen-bond donors (Lipinski definition) is 2. The summed E-state index contributed by atoms with van der Waals surface area (Å²) >= 11 is 0. The highest BCUT2D eigenvalue weighted by Gasteiger charge is 2.09. The summed E-state index contributed by atoms with van der Waals surface area (Å²) in [5.41, 5.74) is 1.22. The van der Waals surface area contributed by atoms with Gasteiger partial charge in [-0.05, 0) is 36.6 Å². The molecule has 0 spiro atoms. The van der Waals surface area contributed by atoms with Gasteiger partial charge in [0, 0.05) is 32.7 Å². The topological polar surface area (TPSA) is 53.6 Å². The third-order valence-corrected chi connectivity index (χ3v) is 4.08. The fraction of sp³-hybridized carbons (Fsp3) is 0.611. The molecule has 1 aromatic rings. The summed E-state index contributed by atoms with van der Waals surface area (Å²) in [5, 5.41) is 6.26. The van der Waals surface area contributed by atoms with Crippen molar-refractivity contribution < 1.29 is 9.53 Å². The van der Waals surface area contributed by atoms with Crippen molar-refractivity contribution in [3.63, 3.8) is 0 Å². The van der Waals surface area contributed by atoms with Crippen LogP contribution in [0.1, 0.15) is 31.7 Å². The van der Waals surface area contributed by atoms with Crippen LogP contribution in [0.4, 0.5) is 0 Å². The number of piperazine rings is 1. The number of ether oxygens (including phenoxy) is 1. The molecule has 1 saturated heterocycles. The summed E-state index contributed by atoms with van der Waals surface area (Å²) in [7, 11) is 0. The molecule has 2 rings (SSSR count). The van der Waals surface area contributed by atoms with Gasteiger partial charge in [-0.1, -0.05) is 26.0 Å². The minimum atomic E-state index is -0.0553. The maximum atomic E-state index is 11.8. The van der Waals surface area contributed by atoms with Crippen LogP contribution in [-0.4, -0.2) is 56.7 Å². The first-order valence-electron chi connectivity index (χ1n) is 8.57. The summed E-state index contributed by atoms with van der Waals surface area (Å²) in [6.45, 7) is 10.4. The van der Waals surface area contributed by atoms with Crippen molar-refractivity contribution in [3.05, 3.63) is 29.8 Å². The van der Waals surface area contributed by atoms with Gasteiger partial charge in [-0.3, -0.25) is 4.79 Å². The van der Waals surface area contributed by atoms with Crippen molar-refractivity contribution in [3.8, 4) is 5.75 Å². The lowest BCUT2D eigenvalue weighted by Crippen LogP contribution is -2.44. The molecule has 1 aromatic carbocycles. The Hall–Kier alpha value is -1.59. The predicted molar refractivity (Wildman–Crippen MR) is 93.0 cm³/mol. The summed E-state index contributed by atoms with van der Waals surface area (Å²) in [5.74, 6) is 1.16. The Bertz CT molecular complexity index is 485. The normalized spacial score (nSPS) is 15.6. The van der Waals surface area contributed by atoms with Crippen LogP contribution in [0.25, 0.3) is 0 Å². The number of carbonyl (C=O) groups is 1. The summed E-state index contributed by atoms with van der Waals surface area (Å²) in [6, 6.07) is 7.94. The average Bonchev–Trinajstić information content (AvgIpc) is 2.58. The van der Waals surface area contributed by atoms with E-state index in [1.54, 1.807) is 0 Å². The summed E-state index contributed by atoms with van der Waals surface area (Å²) in [6.07, 6.45) is 0.981. The van der Waals surface area contributed by atoms with Gasteiger partial charge in [0.25, 0.3) is 5.91 Å². The second kappa shape index (κ2) is 9.53. The van der Waals surface area contributed by atoms with Crippen LogP contribution in [0, 0.1) is 0 Å². The minimum absolute atomic E-state index is 0.0553. The van der Waals surface area contributed by atoms with Gasteiger partial charge < -0.3 is 20.3 Å². The molecule has 1 aliphatic rings. The van der Waals surface area contributed by atoms with Crippen LogP contribution in [0.3, 0.4) is 0 Å². The standard InChI is InChI=1S/C18H29N3O2/c1-15(2)16-5-3-6-17(13-16)23-14-18(22)20-7-4-10-21-11-8-19-9-12-21/h3,5-6,13,15,19H,4,7-12,14H2,1-2H3,(H,20,22). The van der Waals surface area contributed by atoms with Gasteiger partial charge in [-0.2, -0.15) is 0 Å². The monoisotopic (exact) mass is 319 g/mol. The van der Waals surface area contributed by atoms with Crippen LogP contribution in [0.5, 0.6) is 5.75 Å². The molecule has 0 aliphatic carbocycles. The lowest BCUT2D eigenvalue weighted by atomic mass is 10.0. The molecular formula is C18H29N3O2. The molecule has 5 heteroatoms. The molecule has 1 aliphatic heterocycles. The van der Waals surface area contributed by atoms with Crippen molar-refractivity contribution in [1.29, 1.82) is 0 Å². The van der Waals surface area contributed by atoms with Crippen LogP contribution < -0.4 is 15.4 Å². The van der Waals surface area contributed by atoms with E-state index in [1.165, 1.54) is 5.56 Å². The number of hydrogen-bond acceptors (Lipinski definition) is 4. The van der Waals surface area contributed by atoms with Gasteiger partial charge in [0.15, 0.2) is 6.61 Å². The molecule has 0 unspecified atom stereocenters. The molecule has 5 nitrogen and oxygen atoms in total. The second-order valence-corrected chi connectivity index (χ2v) is 6.31. The molecule has 0 atom stereocenters. The maximum Gasteiger partial charge on any atom is 0.257 e. The fourth-order valence-electron chi connectivity index (χ4n) is 2.63. The van der Waals surface area contributed by atoms with E-state index in [4.69, 9.17) is 4.74 Å². The molecule has 0 bridgehead atoms. The Labute approximate surface area is 139 Å². The highest BCUT2D eigenvalue weighted by molar-refractivity contribution is 5.77. The first-order valence-corrected chi connectivity index (χ1v) is 8.57. The third-order valence-electron chi connectivity index (χ3n) is 4.08. The zero-order valence-electron chi connectivity index (χ0n) is 14.3. The number of nitrogens with one attached hydrogen (secondary N) is 2. The zero-order valence-corrected chi connectivity index (χ0v) is 14.3. The summed E-state index contributed by atoms with van der Waals surface area (Å²) in [4.78, 5) is 14.3. The highest BCUT2D eigenvalue weighted by atomic mass is 16.5. The van der Waals surface area contributed by atoms with Gasteiger partial charge in [-0.15, -0.1) is 0 Å². The number of amides is 1. The van der Waals surface area contributed by atoms with Crippen molar-refractivity contribution in [2.75, 3.05) is 45.9 Å². The van der Waals surface area contributed by atoms with Crippen molar-refractivity contribution >= 4 is 5.91 Å². The predicted octanol–water partition coefficient (Wildman–Crippen LogP) is 1.60. The molecule has 1 amide bonds. The Balaban J connectivity index is 1.60. The molecule has 0 aromatic heterocycles. The fourth-order valence-corrected chi connectivity index (χ4v) is 2.63. The van der Waals surface area contributed by atoms with Crippen molar-refractivity contribution in [2.24, 2.45) is 0 Å². The van der Waals surface area contributed by atoms with Gasteiger partial charge in [0.2, 0.25) is 0 Å². The Morgan fingerprint density at radius 1 is 1.35 bits per heavy atom. The molecule has 2 N–H and O–H groups in total. The van der Waals surface area contributed by atoms with E-state index < -0.39 is 0 Å². The quantitative estimate of drug-likeness (QED) is 0.715. The smallest absolute Gasteiger partial charge is 0.257 e. The van der Waals surface area contributed by atoms with E-state index in [0.29, 0.717) is 12.5 Å². The SMILES string of the molecule is CC(C)c1cccc(OCC(=O)NCCCN2CCNCC2)c1. The highest BCUT2D eigenvalue weighted by Crippen LogP contribution is 2.19.